The lowest BCUT2D eigenvalue weighted by molar-refractivity contribution is -0.120. The molecular weight excluding hydrogens is 210 g/mol. The van der Waals surface area contributed by atoms with Gasteiger partial charge in [0.25, 0.3) is 0 Å². The molecule has 1 unspecified atom stereocenters. The Morgan fingerprint density at radius 1 is 1.24 bits per heavy atom. The fourth-order valence-corrected chi connectivity index (χ4v) is 2.73. The van der Waals surface area contributed by atoms with E-state index in [1.807, 2.05) is 12.1 Å². The number of ketones is 1. The molecule has 0 radical (unpaired) electrons. The van der Waals surface area contributed by atoms with E-state index in [1.54, 1.807) is 0 Å². The Hall–Kier alpha value is -1.31. The van der Waals surface area contributed by atoms with Gasteiger partial charge < -0.3 is 5.32 Å². The predicted molar refractivity (Wildman–Crippen MR) is 69.3 cm³/mol. The van der Waals surface area contributed by atoms with E-state index in [0.717, 1.165) is 37.4 Å². The van der Waals surface area contributed by atoms with Crippen molar-refractivity contribution in [2.45, 2.75) is 38.0 Å². The first-order valence-corrected chi connectivity index (χ1v) is 6.70. The van der Waals surface area contributed by atoms with Crippen molar-refractivity contribution in [3.63, 3.8) is 0 Å². The molecule has 3 rings (SSSR count). The number of carbonyl (C=O) groups excluding carboxylic acids is 1. The summed E-state index contributed by atoms with van der Waals surface area (Å²) in [6.45, 7) is 0.927. The fourth-order valence-electron chi connectivity index (χ4n) is 2.73. The lowest BCUT2D eigenvalue weighted by Gasteiger charge is -2.25. The Morgan fingerprint density at radius 2 is 2.06 bits per heavy atom. The number of fused-ring (bicyclic) bond motifs is 1. The second-order valence-electron chi connectivity index (χ2n) is 5.30. The van der Waals surface area contributed by atoms with E-state index < -0.39 is 0 Å². The van der Waals surface area contributed by atoms with Crippen LogP contribution in [0, 0.1) is 5.92 Å². The largest absolute Gasteiger partial charge is 0.385 e. The molecular formula is C15H19NO. The Balaban J connectivity index is 1.72. The van der Waals surface area contributed by atoms with Gasteiger partial charge in [-0.1, -0.05) is 31.0 Å². The summed E-state index contributed by atoms with van der Waals surface area (Å²) < 4.78 is 0. The van der Waals surface area contributed by atoms with Crippen molar-refractivity contribution >= 4 is 11.5 Å². The minimum absolute atomic E-state index is 0.145. The van der Waals surface area contributed by atoms with E-state index in [4.69, 9.17) is 0 Å². The average molecular weight is 229 g/mol. The van der Waals surface area contributed by atoms with Gasteiger partial charge in [0, 0.05) is 24.6 Å². The van der Waals surface area contributed by atoms with Gasteiger partial charge in [0.05, 0.1) is 0 Å². The monoisotopic (exact) mass is 229 g/mol. The summed E-state index contributed by atoms with van der Waals surface area (Å²) in [5, 5.41) is 3.37. The number of Topliss-reactive ketones (excluding diaryl/α,β-unsaturated/α-hetero) is 1. The standard InChI is InChI=1S/C15H19NO/c17-15(8-7-11-5-6-11)13-9-10-16-14-4-2-1-3-12(13)14/h1-4,11,13,16H,5-10H2. The number of nitrogens with one attached hydrogen (secondary N) is 1. The zero-order chi connectivity index (χ0) is 11.7. The third-order valence-corrected chi connectivity index (χ3v) is 3.97. The molecule has 1 N–H and O–H groups in total. The number of anilines is 1. The van der Waals surface area contributed by atoms with Crippen molar-refractivity contribution < 1.29 is 4.79 Å². The maximum absolute atomic E-state index is 12.3. The van der Waals surface area contributed by atoms with E-state index in [-0.39, 0.29) is 5.92 Å². The molecule has 2 nitrogen and oxygen atoms in total. The number of rotatable bonds is 4. The Labute approximate surface area is 102 Å². The van der Waals surface area contributed by atoms with E-state index in [0.29, 0.717) is 5.78 Å². The van der Waals surface area contributed by atoms with Crippen LogP contribution in [0.2, 0.25) is 0 Å². The molecule has 1 aliphatic heterocycles. The molecule has 1 fully saturated rings. The second-order valence-corrected chi connectivity index (χ2v) is 5.30. The average Bonchev–Trinajstić information content (AvgIpc) is 3.19. The first kappa shape index (κ1) is 10.8. The minimum atomic E-state index is 0.145. The van der Waals surface area contributed by atoms with Crippen molar-refractivity contribution in [1.82, 2.24) is 0 Å². The van der Waals surface area contributed by atoms with E-state index in [9.17, 15) is 4.79 Å². The van der Waals surface area contributed by atoms with Gasteiger partial charge in [-0.15, -0.1) is 0 Å². The van der Waals surface area contributed by atoms with Crippen LogP contribution in [-0.4, -0.2) is 12.3 Å². The molecule has 90 valence electrons. The summed E-state index contributed by atoms with van der Waals surface area (Å²) in [6.07, 6.45) is 5.54. The van der Waals surface area contributed by atoms with Gasteiger partial charge in [-0.3, -0.25) is 4.79 Å². The van der Waals surface area contributed by atoms with Crippen LogP contribution in [0.5, 0.6) is 0 Å². The van der Waals surface area contributed by atoms with Gasteiger partial charge in [0.15, 0.2) is 0 Å². The zero-order valence-electron chi connectivity index (χ0n) is 10.1. The first-order chi connectivity index (χ1) is 8.34. The number of carbonyl (C=O) groups is 1. The van der Waals surface area contributed by atoms with Gasteiger partial charge in [0.2, 0.25) is 0 Å². The lowest BCUT2D eigenvalue weighted by atomic mass is 9.85. The summed E-state index contributed by atoms with van der Waals surface area (Å²) in [5.74, 6) is 1.45. The summed E-state index contributed by atoms with van der Waals surface area (Å²) in [4.78, 5) is 12.3. The summed E-state index contributed by atoms with van der Waals surface area (Å²) >= 11 is 0. The Bertz CT molecular complexity index is 423. The second kappa shape index (κ2) is 4.52. The van der Waals surface area contributed by atoms with Gasteiger partial charge in [0.1, 0.15) is 5.78 Å². The van der Waals surface area contributed by atoms with Crippen LogP contribution in [-0.2, 0) is 4.79 Å². The van der Waals surface area contributed by atoms with Crippen molar-refractivity contribution in [2.75, 3.05) is 11.9 Å². The number of para-hydroxylation sites is 1. The topological polar surface area (TPSA) is 29.1 Å². The summed E-state index contributed by atoms with van der Waals surface area (Å²) in [5.41, 5.74) is 2.36. The molecule has 0 aromatic heterocycles. The van der Waals surface area contributed by atoms with Crippen LogP contribution in [0.4, 0.5) is 5.69 Å². The van der Waals surface area contributed by atoms with Crippen molar-refractivity contribution in [3.8, 4) is 0 Å². The minimum Gasteiger partial charge on any atom is -0.385 e. The molecule has 1 aromatic carbocycles. The number of hydrogen-bond acceptors (Lipinski definition) is 2. The molecule has 1 heterocycles. The van der Waals surface area contributed by atoms with Crippen molar-refractivity contribution in [1.29, 1.82) is 0 Å². The Morgan fingerprint density at radius 3 is 2.88 bits per heavy atom. The van der Waals surface area contributed by atoms with E-state index >= 15 is 0 Å². The molecule has 1 aliphatic carbocycles. The molecule has 0 spiro atoms. The highest BCUT2D eigenvalue weighted by Gasteiger charge is 2.28. The molecule has 2 heteroatoms. The lowest BCUT2D eigenvalue weighted by Crippen LogP contribution is -2.22. The van der Waals surface area contributed by atoms with Gasteiger partial charge in [-0.2, -0.15) is 0 Å². The highest BCUT2D eigenvalue weighted by Crippen LogP contribution is 2.37. The molecule has 0 saturated heterocycles. The number of benzene rings is 1. The van der Waals surface area contributed by atoms with Gasteiger partial charge >= 0.3 is 0 Å². The molecule has 1 saturated carbocycles. The highest BCUT2D eigenvalue weighted by atomic mass is 16.1. The molecule has 1 atom stereocenters. The van der Waals surface area contributed by atoms with Crippen LogP contribution in [0.25, 0.3) is 0 Å². The van der Waals surface area contributed by atoms with Crippen molar-refractivity contribution in [3.05, 3.63) is 29.8 Å². The Kier molecular flexibility index (Phi) is 2.87. The predicted octanol–water partition coefficient (Wildman–Crippen LogP) is 3.35. The summed E-state index contributed by atoms with van der Waals surface area (Å²) in [7, 11) is 0. The van der Waals surface area contributed by atoms with Crippen LogP contribution >= 0.6 is 0 Å². The van der Waals surface area contributed by atoms with Crippen LogP contribution < -0.4 is 5.32 Å². The number of hydrogen-bond donors (Lipinski definition) is 1. The molecule has 0 amide bonds. The third kappa shape index (κ3) is 2.36. The molecule has 0 bridgehead atoms. The molecule has 17 heavy (non-hydrogen) atoms. The maximum atomic E-state index is 12.3. The molecule has 1 aromatic rings. The van der Waals surface area contributed by atoms with Crippen LogP contribution in [0.15, 0.2) is 24.3 Å². The van der Waals surface area contributed by atoms with Crippen molar-refractivity contribution in [2.24, 2.45) is 5.92 Å². The van der Waals surface area contributed by atoms with Gasteiger partial charge in [-0.05, 0) is 30.4 Å². The van der Waals surface area contributed by atoms with E-state index in [1.165, 1.54) is 18.4 Å². The normalized spacial score (nSPS) is 22.7. The SMILES string of the molecule is O=C(CCC1CC1)C1CCNc2ccccc21. The van der Waals surface area contributed by atoms with Gasteiger partial charge in [-0.25, -0.2) is 0 Å². The highest BCUT2D eigenvalue weighted by molar-refractivity contribution is 5.88. The first-order valence-electron chi connectivity index (χ1n) is 6.70. The zero-order valence-corrected chi connectivity index (χ0v) is 10.1. The third-order valence-electron chi connectivity index (χ3n) is 3.97. The smallest absolute Gasteiger partial charge is 0.140 e. The van der Waals surface area contributed by atoms with E-state index in [2.05, 4.69) is 17.4 Å². The molecule has 2 aliphatic rings. The fraction of sp³-hybridized carbons (Fsp3) is 0.533. The maximum Gasteiger partial charge on any atom is 0.140 e. The quantitative estimate of drug-likeness (QED) is 0.858. The van der Waals surface area contributed by atoms with Crippen LogP contribution in [0.3, 0.4) is 0 Å². The summed E-state index contributed by atoms with van der Waals surface area (Å²) in [6, 6.07) is 8.24. The van der Waals surface area contributed by atoms with Crippen LogP contribution in [0.1, 0.15) is 43.6 Å².